The first-order valence-electron chi connectivity index (χ1n) is 5.91. The maximum absolute atomic E-state index is 13.4. The zero-order chi connectivity index (χ0) is 15.4. The molecule has 2 rings (SSSR count). The van der Waals surface area contributed by atoms with Gasteiger partial charge in [0.2, 0.25) is 5.91 Å². The molecule has 0 bridgehead atoms. The Labute approximate surface area is 127 Å². The number of carbonyl (C=O) groups excluding carboxylic acids is 1. The predicted molar refractivity (Wildman–Crippen MR) is 77.6 cm³/mol. The van der Waals surface area contributed by atoms with Gasteiger partial charge in [-0.3, -0.25) is 4.79 Å². The summed E-state index contributed by atoms with van der Waals surface area (Å²) in [6.07, 6.45) is 0. The summed E-state index contributed by atoms with van der Waals surface area (Å²) in [4.78, 5) is 11.7. The van der Waals surface area contributed by atoms with Gasteiger partial charge in [-0.1, -0.05) is 12.1 Å². The van der Waals surface area contributed by atoms with Crippen LogP contribution in [0, 0.1) is 17.5 Å². The number of rotatable bonds is 4. The number of hydrogen-bond acceptors (Lipinski definition) is 2. The Kier molecular flexibility index (Phi) is 4.85. The van der Waals surface area contributed by atoms with Gasteiger partial charge in [0, 0.05) is 4.47 Å². The van der Waals surface area contributed by atoms with Crippen LogP contribution in [0.1, 0.15) is 0 Å². The van der Waals surface area contributed by atoms with E-state index in [-0.39, 0.29) is 12.2 Å². The van der Waals surface area contributed by atoms with Crippen LogP contribution in [0.4, 0.5) is 24.5 Å². The van der Waals surface area contributed by atoms with E-state index in [1.165, 1.54) is 0 Å². The molecule has 0 aliphatic rings. The van der Waals surface area contributed by atoms with E-state index in [0.717, 1.165) is 12.1 Å². The molecule has 0 unspecified atom stereocenters. The fourth-order valence-corrected chi connectivity index (χ4v) is 1.98. The highest BCUT2D eigenvalue weighted by Crippen LogP contribution is 2.22. The highest BCUT2D eigenvalue weighted by Gasteiger charge is 2.14. The average Bonchev–Trinajstić information content (AvgIpc) is 2.46. The summed E-state index contributed by atoms with van der Waals surface area (Å²) in [6, 6.07) is 8.77. The van der Waals surface area contributed by atoms with Gasteiger partial charge in [0.25, 0.3) is 0 Å². The van der Waals surface area contributed by atoms with Gasteiger partial charge < -0.3 is 10.6 Å². The van der Waals surface area contributed by atoms with Crippen molar-refractivity contribution < 1.29 is 18.0 Å². The van der Waals surface area contributed by atoms with E-state index in [2.05, 4.69) is 26.6 Å². The number of nitrogens with one attached hydrogen (secondary N) is 2. The Bertz CT molecular complexity index is 679. The van der Waals surface area contributed by atoms with Gasteiger partial charge in [-0.25, -0.2) is 13.2 Å². The molecule has 0 spiro atoms. The summed E-state index contributed by atoms with van der Waals surface area (Å²) >= 11 is 3.26. The molecule has 21 heavy (non-hydrogen) atoms. The van der Waals surface area contributed by atoms with Crippen molar-refractivity contribution in [2.45, 2.75) is 0 Å². The van der Waals surface area contributed by atoms with Crippen molar-refractivity contribution in [1.29, 1.82) is 0 Å². The second kappa shape index (κ2) is 6.62. The normalized spacial score (nSPS) is 10.3. The largest absolute Gasteiger partial charge is 0.374 e. The van der Waals surface area contributed by atoms with Crippen molar-refractivity contribution in [2.24, 2.45) is 0 Å². The SMILES string of the molecule is O=C(CNc1ccc(F)c(F)c1F)Nc1ccccc1Br. The number of carbonyl (C=O) groups is 1. The van der Waals surface area contributed by atoms with E-state index in [1.54, 1.807) is 24.3 Å². The highest BCUT2D eigenvalue weighted by molar-refractivity contribution is 9.10. The third-order valence-corrected chi connectivity index (χ3v) is 3.31. The second-order valence-electron chi connectivity index (χ2n) is 4.10. The fraction of sp³-hybridized carbons (Fsp3) is 0.0714. The first kappa shape index (κ1) is 15.4. The molecule has 0 fully saturated rings. The second-order valence-corrected chi connectivity index (χ2v) is 4.96. The Morgan fingerprint density at radius 2 is 1.71 bits per heavy atom. The summed E-state index contributed by atoms with van der Waals surface area (Å²) in [5.41, 5.74) is 0.270. The minimum atomic E-state index is -1.58. The predicted octanol–water partition coefficient (Wildman–Crippen LogP) is 3.92. The van der Waals surface area contributed by atoms with Crippen LogP contribution in [-0.2, 0) is 4.79 Å². The van der Waals surface area contributed by atoms with Crippen LogP contribution >= 0.6 is 15.9 Å². The number of anilines is 2. The fourth-order valence-electron chi connectivity index (χ4n) is 1.59. The smallest absolute Gasteiger partial charge is 0.243 e. The van der Waals surface area contributed by atoms with Crippen molar-refractivity contribution in [3.8, 4) is 0 Å². The molecule has 2 N–H and O–H groups in total. The Balaban J connectivity index is 1.99. The average molecular weight is 359 g/mol. The molecule has 0 radical (unpaired) electrons. The molecule has 2 aromatic rings. The molecular formula is C14H10BrF3N2O. The molecule has 0 aliphatic carbocycles. The van der Waals surface area contributed by atoms with Crippen LogP contribution in [-0.4, -0.2) is 12.5 Å². The third kappa shape index (κ3) is 3.75. The molecule has 0 saturated carbocycles. The Morgan fingerprint density at radius 1 is 1.00 bits per heavy atom. The van der Waals surface area contributed by atoms with Crippen molar-refractivity contribution in [2.75, 3.05) is 17.2 Å². The Morgan fingerprint density at radius 3 is 2.43 bits per heavy atom. The molecular weight excluding hydrogens is 349 g/mol. The zero-order valence-corrected chi connectivity index (χ0v) is 12.2. The minimum absolute atomic E-state index is 0.281. The molecule has 110 valence electrons. The van der Waals surface area contributed by atoms with Gasteiger partial charge >= 0.3 is 0 Å². The minimum Gasteiger partial charge on any atom is -0.374 e. The maximum Gasteiger partial charge on any atom is 0.243 e. The lowest BCUT2D eigenvalue weighted by Gasteiger charge is -2.10. The van der Waals surface area contributed by atoms with E-state index in [4.69, 9.17) is 0 Å². The lowest BCUT2D eigenvalue weighted by atomic mass is 10.2. The van der Waals surface area contributed by atoms with E-state index >= 15 is 0 Å². The summed E-state index contributed by atoms with van der Waals surface area (Å²) in [5, 5.41) is 5.00. The van der Waals surface area contributed by atoms with Crippen molar-refractivity contribution in [1.82, 2.24) is 0 Å². The monoisotopic (exact) mass is 358 g/mol. The lowest BCUT2D eigenvalue weighted by Crippen LogP contribution is -2.22. The number of benzene rings is 2. The number of hydrogen-bond donors (Lipinski definition) is 2. The standard InChI is InChI=1S/C14H10BrF3N2O/c15-8-3-1-2-4-10(8)20-12(21)7-19-11-6-5-9(16)13(17)14(11)18/h1-6,19H,7H2,(H,20,21). The molecule has 0 aromatic heterocycles. The van der Waals surface area contributed by atoms with Gasteiger partial charge in [-0.2, -0.15) is 0 Å². The topological polar surface area (TPSA) is 41.1 Å². The van der Waals surface area contributed by atoms with Crippen molar-refractivity contribution in [3.05, 3.63) is 58.3 Å². The lowest BCUT2D eigenvalue weighted by molar-refractivity contribution is -0.114. The van der Waals surface area contributed by atoms with Gasteiger partial charge in [-0.05, 0) is 40.2 Å². The molecule has 0 aliphatic heterocycles. The highest BCUT2D eigenvalue weighted by atomic mass is 79.9. The van der Waals surface area contributed by atoms with Crippen LogP contribution in [0.15, 0.2) is 40.9 Å². The van der Waals surface area contributed by atoms with Crippen LogP contribution < -0.4 is 10.6 Å². The van der Waals surface area contributed by atoms with Crippen LogP contribution in [0.5, 0.6) is 0 Å². The molecule has 3 nitrogen and oxygen atoms in total. The summed E-state index contributed by atoms with van der Waals surface area (Å²) in [7, 11) is 0. The van der Waals surface area contributed by atoms with Gasteiger partial charge in [-0.15, -0.1) is 0 Å². The zero-order valence-electron chi connectivity index (χ0n) is 10.6. The van der Waals surface area contributed by atoms with Crippen LogP contribution in [0.2, 0.25) is 0 Å². The molecule has 0 atom stereocenters. The molecule has 0 saturated heterocycles. The van der Waals surface area contributed by atoms with E-state index in [1.807, 2.05) is 0 Å². The molecule has 1 amide bonds. The van der Waals surface area contributed by atoms with Crippen molar-refractivity contribution >= 4 is 33.2 Å². The summed E-state index contributed by atoms with van der Waals surface area (Å²) < 4.78 is 39.9. The van der Waals surface area contributed by atoms with Gasteiger partial charge in [0.1, 0.15) is 0 Å². The quantitative estimate of drug-likeness (QED) is 0.813. The summed E-state index contributed by atoms with van der Waals surface area (Å²) in [6.45, 7) is -0.288. The molecule has 2 aromatic carbocycles. The first-order valence-corrected chi connectivity index (χ1v) is 6.70. The van der Waals surface area contributed by atoms with Crippen molar-refractivity contribution in [3.63, 3.8) is 0 Å². The molecule has 7 heteroatoms. The van der Waals surface area contributed by atoms with Crippen LogP contribution in [0.3, 0.4) is 0 Å². The maximum atomic E-state index is 13.4. The van der Waals surface area contributed by atoms with E-state index < -0.39 is 23.4 Å². The first-order chi connectivity index (χ1) is 9.99. The van der Waals surface area contributed by atoms with E-state index in [0.29, 0.717) is 10.2 Å². The molecule has 0 heterocycles. The number of amides is 1. The number of para-hydroxylation sites is 1. The van der Waals surface area contributed by atoms with Crippen LogP contribution in [0.25, 0.3) is 0 Å². The van der Waals surface area contributed by atoms with E-state index in [9.17, 15) is 18.0 Å². The summed E-state index contributed by atoms with van der Waals surface area (Å²) in [5.74, 6) is -4.67. The van der Waals surface area contributed by atoms with Gasteiger partial charge in [0.05, 0.1) is 17.9 Å². The Hall–Kier alpha value is -2.02. The third-order valence-electron chi connectivity index (χ3n) is 2.62. The van der Waals surface area contributed by atoms with Gasteiger partial charge in [0.15, 0.2) is 17.5 Å². The number of halogens is 4.